The average molecular weight is 327 g/mol. The molecule has 0 aliphatic carbocycles. The number of amides is 1. The quantitative estimate of drug-likeness (QED) is 0.864. The molecule has 0 bridgehead atoms. The summed E-state index contributed by atoms with van der Waals surface area (Å²) in [6, 6.07) is 8.10. The Labute approximate surface area is 143 Å². The molecule has 24 heavy (non-hydrogen) atoms. The van der Waals surface area contributed by atoms with Gasteiger partial charge in [-0.2, -0.15) is 0 Å². The molecule has 1 saturated heterocycles. The van der Waals surface area contributed by atoms with E-state index in [1.165, 1.54) is 5.56 Å². The van der Waals surface area contributed by atoms with Crippen LogP contribution in [-0.4, -0.2) is 67.1 Å². The van der Waals surface area contributed by atoms with Gasteiger partial charge in [-0.1, -0.05) is 11.6 Å². The number of likely N-dealkylation sites (N-methyl/N-ethyl adjacent to an activating group) is 1. The Kier molecular flexibility index (Phi) is 5.11. The number of pyridine rings is 1. The summed E-state index contributed by atoms with van der Waals surface area (Å²) in [7, 11) is 1.86. The standard InChI is InChI=1S/C19H25N3O2/c1-14-4-5-18-16(12-14)13-17(15(2)20-18)19(23)21(3)6-7-22-8-10-24-11-9-22/h4-5,12-13H,6-11H2,1-3H3. The van der Waals surface area contributed by atoms with E-state index < -0.39 is 0 Å². The summed E-state index contributed by atoms with van der Waals surface area (Å²) in [6.45, 7) is 9.00. The molecular formula is C19H25N3O2. The van der Waals surface area contributed by atoms with Crippen LogP contribution in [-0.2, 0) is 4.74 Å². The maximum absolute atomic E-state index is 12.8. The Hall–Kier alpha value is -1.98. The summed E-state index contributed by atoms with van der Waals surface area (Å²) in [5, 5.41) is 1.02. The fourth-order valence-electron chi connectivity index (χ4n) is 3.03. The Morgan fingerprint density at radius 1 is 1.25 bits per heavy atom. The minimum Gasteiger partial charge on any atom is -0.379 e. The number of hydrogen-bond donors (Lipinski definition) is 0. The molecular weight excluding hydrogens is 302 g/mol. The summed E-state index contributed by atoms with van der Waals surface area (Å²) in [5.74, 6) is 0.0386. The van der Waals surface area contributed by atoms with Crippen LogP contribution in [0.5, 0.6) is 0 Å². The normalized spacial score (nSPS) is 15.6. The molecule has 3 rings (SSSR count). The molecule has 1 amide bonds. The van der Waals surface area contributed by atoms with E-state index in [0.717, 1.165) is 49.4 Å². The Balaban J connectivity index is 1.73. The van der Waals surface area contributed by atoms with Crippen LogP contribution in [0.15, 0.2) is 24.3 Å². The molecule has 2 heterocycles. The summed E-state index contributed by atoms with van der Waals surface area (Å²) >= 11 is 0. The first kappa shape index (κ1) is 16.9. The van der Waals surface area contributed by atoms with Crippen molar-refractivity contribution < 1.29 is 9.53 Å². The van der Waals surface area contributed by atoms with Crippen molar-refractivity contribution in [2.75, 3.05) is 46.4 Å². The van der Waals surface area contributed by atoms with Crippen molar-refractivity contribution in [2.24, 2.45) is 0 Å². The van der Waals surface area contributed by atoms with E-state index in [1.54, 1.807) is 4.90 Å². The average Bonchev–Trinajstić information content (AvgIpc) is 2.59. The summed E-state index contributed by atoms with van der Waals surface area (Å²) in [5.41, 5.74) is 3.59. The number of nitrogens with zero attached hydrogens (tertiary/aromatic N) is 3. The minimum absolute atomic E-state index is 0.0386. The largest absolute Gasteiger partial charge is 0.379 e. The molecule has 0 N–H and O–H groups in total. The Morgan fingerprint density at radius 2 is 2.00 bits per heavy atom. The second-order valence-corrected chi connectivity index (χ2v) is 6.50. The van der Waals surface area contributed by atoms with Crippen molar-refractivity contribution >= 4 is 16.8 Å². The first-order valence-electron chi connectivity index (χ1n) is 8.48. The van der Waals surface area contributed by atoms with Crippen LogP contribution < -0.4 is 0 Å². The van der Waals surface area contributed by atoms with Crippen molar-refractivity contribution in [3.63, 3.8) is 0 Å². The zero-order chi connectivity index (χ0) is 17.1. The van der Waals surface area contributed by atoms with Crippen LogP contribution in [0.3, 0.4) is 0 Å². The number of morpholine rings is 1. The third kappa shape index (κ3) is 3.74. The summed E-state index contributed by atoms with van der Waals surface area (Å²) < 4.78 is 5.36. The van der Waals surface area contributed by atoms with Crippen molar-refractivity contribution in [1.29, 1.82) is 0 Å². The van der Waals surface area contributed by atoms with Crippen molar-refractivity contribution in [2.45, 2.75) is 13.8 Å². The van der Waals surface area contributed by atoms with Crippen molar-refractivity contribution in [1.82, 2.24) is 14.8 Å². The molecule has 0 saturated carbocycles. The molecule has 1 aromatic heterocycles. The highest BCUT2D eigenvalue weighted by atomic mass is 16.5. The molecule has 0 radical (unpaired) electrons. The molecule has 1 aliphatic heterocycles. The van der Waals surface area contributed by atoms with Gasteiger partial charge in [0.2, 0.25) is 0 Å². The van der Waals surface area contributed by atoms with E-state index >= 15 is 0 Å². The van der Waals surface area contributed by atoms with Gasteiger partial charge in [0.05, 0.1) is 30.0 Å². The Morgan fingerprint density at radius 3 is 2.75 bits per heavy atom. The van der Waals surface area contributed by atoms with Crippen LogP contribution in [0.1, 0.15) is 21.6 Å². The van der Waals surface area contributed by atoms with Gasteiger partial charge in [0.1, 0.15) is 0 Å². The third-order valence-corrected chi connectivity index (χ3v) is 4.59. The maximum atomic E-state index is 12.8. The maximum Gasteiger partial charge on any atom is 0.255 e. The number of benzene rings is 1. The molecule has 1 aromatic carbocycles. The van der Waals surface area contributed by atoms with Crippen LogP contribution >= 0.6 is 0 Å². The van der Waals surface area contributed by atoms with E-state index in [2.05, 4.69) is 22.9 Å². The van der Waals surface area contributed by atoms with Crippen molar-refractivity contribution in [3.05, 3.63) is 41.1 Å². The van der Waals surface area contributed by atoms with E-state index in [1.807, 2.05) is 32.2 Å². The van der Waals surface area contributed by atoms with E-state index in [9.17, 15) is 4.79 Å². The number of aromatic nitrogens is 1. The summed E-state index contributed by atoms with van der Waals surface area (Å²) in [6.07, 6.45) is 0. The topological polar surface area (TPSA) is 45.7 Å². The molecule has 5 heteroatoms. The zero-order valence-corrected chi connectivity index (χ0v) is 14.7. The number of hydrogen-bond acceptors (Lipinski definition) is 4. The highest BCUT2D eigenvalue weighted by molar-refractivity contribution is 5.98. The van der Waals surface area contributed by atoms with Gasteiger partial charge in [-0.15, -0.1) is 0 Å². The molecule has 128 valence electrons. The molecule has 1 fully saturated rings. The number of carbonyl (C=O) groups is 1. The first-order valence-corrected chi connectivity index (χ1v) is 8.48. The lowest BCUT2D eigenvalue weighted by molar-refractivity contribution is 0.0338. The van der Waals surface area contributed by atoms with Crippen LogP contribution in [0.25, 0.3) is 10.9 Å². The monoisotopic (exact) mass is 327 g/mol. The molecule has 0 unspecified atom stereocenters. The van der Waals surface area contributed by atoms with Gasteiger partial charge in [0.15, 0.2) is 0 Å². The van der Waals surface area contributed by atoms with E-state index in [-0.39, 0.29) is 5.91 Å². The van der Waals surface area contributed by atoms with Gasteiger partial charge < -0.3 is 9.64 Å². The lowest BCUT2D eigenvalue weighted by atomic mass is 10.1. The van der Waals surface area contributed by atoms with Gasteiger partial charge >= 0.3 is 0 Å². The second kappa shape index (κ2) is 7.28. The number of carbonyl (C=O) groups excluding carboxylic acids is 1. The minimum atomic E-state index is 0.0386. The van der Waals surface area contributed by atoms with Crippen LogP contribution in [0, 0.1) is 13.8 Å². The highest BCUT2D eigenvalue weighted by Crippen LogP contribution is 2.19. The van der Waals surface area contributed by atoms with Crippen molar-refractivity contribution in [3.8, 4) is 0 Å². The number of ether oxygens (including phenoxy) is 1. The molecule has 1 aliphatic rings. The lowest BCUT2D eigenvalue weighted by Gasteiger charge is -2.28. The number of aryl methyl sites for hydroxylation is 2. The molecule has 5 nitrogen and oxygen atoms in total. The number of rotatable bonds is 4. The third-order valence-electron chi connectivity index (χ3n) is 4.59. The fourth-order valence-corrected chi connectivity index (χ4v) is 3.03. The number of fused-ring (bicyclic) bond motifs is 1. The molecule has 2 aromatic rings. The smallest absolute Gasteiger partial charge is 0.255 e. The van der Waals surface area contributed by atoms with Gasteiger partial charge in [-0.3, -0.25) is 14.7 Å². The van der Waals surface area contributed by atoms with E-state index in [4.69, 9.17) is 4.74 Å². The Bertz CT molecular complexity index is 739. The molecule has 0 spiro atoms. The summed E-state index contributed by atoms with van der Waals surface area (Å²) in [4.78, 5) is 21.5. The molecule has 0 atom stereocenters. The predicted octanol–water partition coefficient (Wildman–Crippen LogP) is 2.26. The zero-order valence-electron chi connectivity index (χ0n) is 14.7. The van der Waals surface area contributed by atoms with Crippen LogP contribution in [0.2, 0.25) is 0 Å². The highest BCUT2D eigenvalue weighted by Gasteiger charge is 2.18. The van der Waals surface area contributed by atoms with Gasteiger partial charge in [0, 0.05) is 38.6 Å². The predicted molar refractivity (Wildman–Crippen MR) is 95.4 cm³/mol. The SMILES string of the molecule is Cc1ccc2nc(C)c(C(=O)N(C)CCN3CCOCC3)cc2c1. The van der Waals surface area contributed by atoms with Gasteiger partial charge in [-0.25, -0.2) is 0 Å². The van der Waals surface area contributed by atoms with Gasteiger partial charge in [-0.05, 0) is 32.0 Å². The lowest BCUT2D eigenvalue weighted by Crippen LogP contribution is -2.42. The van der Waals surface area contributed by atoms with E-state index in [0.29, 0.717) is 12.1 Å². The fraction of sp³-hybridized carbons (Fsp3) is 0.474. The second-order valence-electron chi connectivity index (χ2n) is 6.50. The van der Waals surface area contributed by atoms with Gasteiger partial charge in [0.25, 0.3) is 5.91 Å². The van der Waals surface area contributed by atoms with Crippen LogP contribution in [0.4, 0.5) is 0 Å². The first-order chi connectivity index (χ1) is 11.5.